The number of hydrogen-bond donors (Lipinski definition) is 1. The summed E-state index contributed by atoms with van der Waals surface area (Å²) in [6, 6.07) is 12.6. The van der Waals surface area contributed by atoms with Crippen LogP contribution >= 0.6 is 11.6 Å². The number of rotatable bonds is 8. The number of ether oxygens (including phenoxy) is 3. The van der Waals surface area contributed by atoms with E-state index in [1.807, 2.05) is 30.3 Å². The molecular formula is C20H22ClNO5. The normalized spacial score (nSPS) is 11.4. The number of halogens is 1. The van der Waals surface area contributed by atoms with E-state index in [9.17, 15) is 9.59 Å². The summed E-state index contributed by atoms with van der Waals surface area (Å²) in [5.74, 6) is -0.422. The van der Waals surface area contributed by atoms with Crippen LogP contribution in [0.1, 0.15) is 22.8 Å². The Bertz CT molecular complexity index is 794. The van der Waals surface area contributed by atoms with Gasteiger partial charge >= 0.3 is 5.97 Å². The van der Waals surface area contributed by atoms with Crippen LogP contribution in [0, 0.1) is 0 Å². The van der Waals surface area contributed by atoms with E-state index in [4.69, 9.17) is 25.8 Å². The van der Waals surface area contributed by atoms with Gasteiger partial charge in [0.1, 0.15) is 0 Å². The minimum Gasteiger partial charge on any atom is -0.493 e. The minimum absolute atomic E-state index is 0.168. The van der Waals surface area contributed by atoms with Gasteiger partial charge in [-0.15, -0.1) is 0 Å². The summed E-state index contributed by atoms with van der Waals surface area (Å²) in [5.41, 5.74) is 1.28. The SMILES string of the molecule is COc1cc(C(=O)O[C@@H](C)C(=O)NCCc2ccccc2)cc(Cl)c1OC. The van der Waals surface area contributed by atoms with Crippen molar-refractivity contribution in [2.75, 3.05) is 20.8 Å². The summed E-state index contributed by atoms with van der Waals surface area (Å²) in [6.45, 7) is 1.96. The van der Waals surface area contributed by atoms with Gasteiger partial charge in [0.2, 0.25) is 0 Å². The van der Waals surface area contributed by atoms with Crippen LogP contribution in [0.5, 0.6) is 11.5 Å². The second kappa shape index (κ2) is 9.83. The molecule has 0 aliphatic carbocycles. The van der Waals surface area contributed by atoms with Gasteiger partial charge in [0, 0.05) is 6.54 Å². The van der Waals surface area contributed by atoms with E-state index < -0.39 is 12.1 Å². The quantitative estimate of drug-likeness (QED) is 0.699. The number of hydrogen-bond acceptors (Lipinski definition) is 5. The number of esters is 1. The third kappa shape index (κ3) is 5.62. The van der Waals surface area contributed by atoms with Crippen molar-refractivity contribution in [1.82, 2.24) is 5.32 Å². The number of carbonyl (C=O) groups excluding carboxylic acids is 2. The van der Waals surface area contributed by atoms with Crippen molar-refractivity contribution in [3.05, 3.63) is 58.6 Å². The van der Waals surface area contributed by atoms with Gasteiger partial charge in [-0.1, -0.05) is 41.9 Å². The molecule has 0 bridgehead atoms. The molecule has 0 saturated heterocycles. The van der Waals surface area contributed by atoms with Gasteiger partial charge in [0.05, 0.1) is 24.8 Å². The molecule has 2 aromatic carbocycles. The molecule has 0 saturated carbocycles. The van der Waals surface area contributed by atoms with E-state index >= 15 is 0 Å². The van der Waals surface area contributed by atoms with Gasteiger partial charge in [-0.05, 0) is 31.0 Å². The lowest BCUT2D eigenvalue weighted by Crippen LogP contribution is -2.36. The highest BCUT2D eigenvalue weighted by Crippen LogP contribution is 2.36. The second-order valence-corrected chi connectivity index (χ2v) is 6.17. The summed E-state index contributed by atoms with van der Waals surface area (Å²) in [5, 5.41) is 2.96. The molecule has 0 fully saturated rings. The standard InChI is InChI=1S/C20H22ClNO5/c1-13(19(23)22-10-9-14-7-5-4-6-8-14)27-20(24)15-11-16(21)18(26-3)17(12-15)25-2/h4-8,11-13H,9-10H2,1-3H3,(H,22,23)/t13-/m0/s1. The predicted molar refractivity (Wildman–Crippen MR) is 103 cm³/mol. The zero-order chi connectivity index (χ0) is 19.8. The first-order valence-corrected chi connectivity index (χ1v) is 8.78. The van der Waals surface area contributed by atoms with Crippen LogP contribution in [0.15, 0.2) is 42.5 Å². The monoisotopic (exact) mass is 391 g/mol. The molecule has 0 aliphatic heterocycles. The Kier molecular flexibility index (Phi) is 7.49. The number of benzene rings is 2. The third-order valence-electron chi connectivity index (χ3n) is 3.88. The molecule has 7 heteroatoms. The third-order valence-corrected chi connectivity index (χ3v) is 4.16. The number of amides is 1. The molecule has 2 rings (SSSR count). The first kappa shape index (κ1) is 20.6. The molecular weight excluding hydrogens is 370 g/mol. The highest BCUT2D eigenvalue weighted by molar-refractivity contribution is 6.32. The Labute approximate surface area is 163 Å². The van der Waals surface area contributed by atoms with Crippen molar-refractivity contribution in [3.63, 3.8) is 0 Å². The summed E-state index contributed by atoms with van der Waals surface area (Å²) in [7, 11) is 2.88. The summed E-state index contributed by atoms with van der Waals surface area (Å²) >= 11 is 6.09. The Morgan fingerprint density at radius 2 is 1.81 bits per heavy atom. The van der Waals surface area contributed by atoms with Crippen LogP contribution in [0.25, 0.3) is 0 Å². The zero-order valence-electron chi connectivity index (χ0n) is 15.5. The van der Waals surface area contributed by atoms with Gasteiger partial charge < -0.3 is 19.5 Å². The molecule has 1 N–H and O–H groups in total. The molecule has 27 heavy (non-hydrogen) atoms. The number of nitrogens with one attached hydrogen (secondary N) is 1. The Morgan fingerprint density at radius 1 is 1.11 bits per heavy atom. The summed E-state index contributed by atoms with van der Waals surface area (Å²) in [4.78, 5) is 24.4. The van der Waals surface area contributed by atoms with Gasteiger partial charge in [-0.3, -0.25) is 4.79 Å². The van der Waals surface area contributed by atoms with Crippen LogP contribution in [-0.4, -0.2) is 38.7 Å². The molecule has 0 radical (unpaired) electrons. The maximum Gasteiger partial charge on any atom is 0.339 e. The van der Waals surface area contributed by atoms with E-state index in [0.29, 0.717) is 24.5 Å². The van der Waals surface area contributed by atoms with Crippen molar-refractivity contribution < 1.29 is 23.8 Å². The van der Waals surface area contributed by atoms with Crippen LogP contribution in [-0.2, 0) is 16.0 Å². The molecule has 0 spiro atoms. The average Bonchev–Trinajstić information content (AvgIpc) is 2.67. The molecule has 0 aromatic heterocycles. The van der Waals surface area contributed by atoms with Gasteiger partial charge in [0.15, 0.2) is 17.6 Å². The largest absolute Gasteiger partial charge is 0.493 e. The molecule has 1 amide bonds. The molecule has 6 nitrogen and oxygen atoms in total. The van der Waals surface area contributed by atoms with E-state index in [0.717, 1.165) is 5.56 Å². The van der Waals surface area contributed by atoms with E-state index in [1.54, 1.807) is 0 Å². The first-order chi connectivity index (χ1) is 13.0. The Hall–Kier alpha value is -2.73. The molecule has 2 aromatic rings. The predicted octanol–water partition coefficient (Wildman–Crippen LogP) is 3.26. The van der Waals surface area contributed by atoms with Gasteiger partial charge in [-0.25, -0.2) is 4.79 Å². The fourth-order valence-corrected chi connectivity index (χ4v) is 2.72. The molecule has 1 atom stereocenters. The topological polar surface area (TPSA) is 73.9 Å². The minimum atomic E-state index is -0.944. The van der Waals surface area contributed by atoms with Crippen molar-refractivity contribution in [3.8, 4) is 11.5 Å². The molecule has 0 aliphatic rings. The molecule has 0 unspecified atom stereocenters. The van der Waals surface area contributed by atoms with Crippen molar-refractivity contribution in [2.24, 2.45) is 0 Å². The second-order valence-electron chi connectivity index (χ2n) is 5.77. The van der Waals surface area contributed by atoms with Crippen LogP contribution in [0.4, 0.5) is 0 Å². The van der Waals surface area contributed by atoms with E-state index in [2.05, 4.69) is 5.32 Å². The van der Waals surface area contributed by atoms with Gasteiger partial charge in [-0.2, -0.15) is 0 Å². The summed E-state index contributed by atoms with van der Waals surface area (Å²) in [6.07, 6.45) is -0.251. The maximum atomic E-state index is 12.3. The first-order valence-electron chi connectivity index (χ1n) is 8.40. The van der Waals surface area contributed by atoms with Crippen molar-refractivity contribution in [2.45, 2.75) is 19.4 Å². The molecule has 0 heterocycles. The fourth-order valence-electron chi connectivity index (χ4n) is 2.44. The lowest BCUT2D eigenvalue weighted by molar-refractivity contribution is -0.129. The van der Waals surface area contributed by atoms with Gasteiger partial charge in [0.25, 0.3) is 5.91 Å². The fraction of sp³-hybridized carbons (Fsp3) is 0.300. The van der Waals surface area contributed by atoms with Crippen LogP contribution in [0.3, 0.4) is 0 Å². The highest BCUT2D eigenvalue weighted by Gasteiger charge is 2.21. The van der Waals surface area contributed by atoms with Crippen LogP contribution < -0.4 is 14.8 Å². The average molecular weight is 392 g/mol. The molecule has 144 valence electrons. The highest BCUT2D eigenvalue weighted by atomic mass is 35.5. The van der Waals surface area contributed by atoms with Crippen molar-refractivity contribution in [1.29, 1.82) is 0 Å². The van der Waals surface area contributed by atoms with Crippen LogP contribution in [0.2, 0.25) is 5.02 Å². The Balaban J connectivity index is 1.92. The lowest BCUT2D eigenvalue weighted by Gasteiger charge is -2.15. The zero-order valence-corrected chi connectivity index (χ0v) is 16.2. The van der Waals surface area contributed by atoms with E-state index in [1.165, 1.54) is 33.3 Å². The maximum absolute atomic E-state index is 12.3. The van der Waals surface area contributed by atoms with E-state index in [-0.39, 0.29) is 16.5 Å². The Morgan fingerprint density at radius 3 is 2.44 bits per heavy atom. The number of methoxy groups -OCH3 is 2. The van der Waals surface area contributed by atoms with Crippen molar-refractivity contribution >= 4 is 23.5 Å². The smallest absolute Gasteiger partial charge is 0.339 e. The number of carbonyl (C=O) groups is 2. The summed E-state index contributed by atoms with van der Waals surface area (Å²) < 4.78 is 15.5. The lowest BCUT2D eigenvalue weighted by atomic mass is 10.1.